The molecule has 0 saturated carbocycles. The first-order valence-electron chi connectivity index (χ1n) is 29.4. The van der Waals surface area contributed by atoms with Crippen LogP contribution in [0.15, 0.2) is 66.6 Å². The number of aromatic amines is 2. The number of aliphatic carboxylic acids is 1. The van der Waals surface area contributed by atoms with Crippen LogP contribution >= 0.6 is 0 Å². The Kier molecular flexibility index (Phi) is 22.8. The third-order valence-corrected chi connectivity index (χ3v) is 16.2. The number of H-pyrrole nitrogens is 2. The quantitative estimate of drug-likeness (QED) is 0.0440. The highest BCUT2D eigenvalue weighted by Gasteiger charge is 2.48. The lowest BCUT2D eigenvalue weighted by atomic mass is 9.91. The largest absolute Gasteiger partial charge is 0.480 e. The molecule has 15 atom stereocenters. The van der Waals surface area contributed by atoms with Crippen molar-refractivity contribution in [2.45, 2.75) is 152 Å². The third kappa shape index (κ3) is 16.2. The van der Waals surface area contributed by atoms with Crippen molar-refractivity contribution in [3.63, 3.8) is 0 Å². The van der Waals surface area contributed by atoms with Gasteiger partial charge in [0, 0.05) is 58.8 Å². The van der Waals surface area contributed by atoms with E-state index in [-0.39, 0.29) is 19.4 Å². The Hall–Kier alpha value is -9.34. The summed E-state index contributed by atoms with van der Waals surface area (Å²) >= 11 is 0. The van der Waals surface area contributed by atoms with Crippen LogP contribution in [0.25, 0.3) is 27.9 Å². The summed E-state index contributed by atoms with van der Waals surface area (Å²) in [5.74, 6) is -16.4. The smallest absolute Gasteiger partial charge is 0.331 e. The Bertz CT molecular complexity index is 3460. The average Bonchev–Trinajstić information content (AvgIpc) is 1.87. The second kappa shape index (κ2) is 30.0. The number of carboxylic acids is 1. The summed E-state index contributed by atoms with van der Waals surface area (Å²) in [7, 11) is 0. The second-order valence-electron chi connectivity index (χ2n) is 23.1. The lowest BCUT2D eigenvalue weighted by Gasteiger charge is -2.33. The number of cyclic esters (lactones) is 1. The first kappa shape index (κ1) is 69.1. The zero-order chi connectivity index (χ0) is 66.9. The van der Waals surface area contributed by atoms with Crippen molar-refractivity contribution in [2.24, 2.45) is 11.7 Å². The van der Waals surface area contributed by atoms with Crippen molar-refractivity contribution >= 4 is 98.9 Å². The number of carbonyl (C=O) groups excluding carboxylic acids is 11. The number of nitrogens with two attached hydrogens (primary N) is 1. The number of nitrogens with one attached hydrogen (secondary N) is 10. The molecule has 492 valence electrons. The minimum atomic E-state index is -2.18. The zero-order valence-corrected chi connectivity index (χ0v) is 50.5. The summed E-state index contributed by atoms with van der Waals surface area (Å²) in [6.07, 6.45) is -5.71. The molecule has 0 spiro atoms. The standard InChI is InChI=1S/C59H77N13O19/c1-25(2)49(79)46-55(85)67-43(26(3)33-22-62-36-14-10-8-12-32(33)36)52(82)66-37(19-30-21-61-35-13-9-7-11-31(30)35)57(87)72-18-16-40(76)48(72)59(90)91-29(6)45(69-51(81)38(24-73)65-41(77)20-34(60)58(88)89)54(84)68-44(28(5)74)53(83)64-27(4)50(80)63-23-42(78)71-17-15-39(75)47(71)56(86)70-46/h7-14,19,21-22,25-29,34,38-40,43-49,61-62,73-76,79H,15-18,20,23-24,60H2,1-6H3,(H,63,80)(H,64,83)(H,65,77)(H,66,82)(H,67,85)(H,68,84)(H,69,81)(H,70,86)(H,88,89). The van der Waals surface area contributed by atoms with E-state index in [9.17, 15) is 78.6 Å². The fourth-order valence-electron chi connectivity index (χ4n) is 10.9. The monoisotopic (exact) mass is 1270 g/mol. The maximum atomic E-state index is 15.4. The van der Waals surface area contributed by atoms with Crippen LogP contribution in [0.1, 0.15) is 77.8 Å². The number of carbonyl (C=O) groups is 12. The number of hydrogen-bond acceptors (Lipinski definition) is 19. The highest BCUT2D eigenvalue weighted by Crippen LogP contribution is 2.30. The minimum Gasteiger partial charge on any atom is -0.480 e. The molecule has 91 heavy (non-hydrogen) atoms. The Balaban J connectivity index is 1.33. The molecule has 4 aromatic rings. The molecular formula is C59H77N13O19. The predicted octanol–water partition coefficient (Wildman–Crippen LogP) is -4.98. The van der Waals surface area contributed by atoms with Crippen LogP contribution in [0.5, 0.6) is 0 Å². The van der Waals surface area contributed by atoms with Gasteiger partial charge >= 0.3 is 11.9 Å². The van der Waals surface area contributed by atoms with E-state index in [1.165, 1.54) is 26.1 Å². The third-order valence-electron chi connectivity index (χ3n) is 16.2. The maximum absolute atomic E-state index is 15.4. The minimum absolute atomic E-state index is 0.166. The van der Waals surface area contributed by atoms with E-state index in [0.29, 0.717) is 32.9 Å². The van der Waals surface area contributed by atoms with Gasteiger partial charge in [-0.2, -0.15) is 0 Å². The molecule has 3 saturated heterocycles. The number of esters is 1. The number of rotatable bonds is 13. The van der Waals surface area contributed by atoms with Crippen LogP contribution in [0.4, 0.5) is 0 Å². The molecule has 2 aromatic carbocycles. The molecule has 32 heteroatoms. The lowest BCUT2D eigenvalue weighted by molar-refractivity contribution is -0.162. The van der Waals surface area contributed by atoms with Gasteiger partial charge in [0.1, 0.15) is 60.1 Å². The summed E-state index contributed by atoms with van der Waals surface area (Å²) in [6.45, 7) is 5.20. The van der Waals surface area contributed by atoms with Gasteiger partial charge in [0.25, 0.3) is 5.91 Å². The normalized spacial score (nSPS) is 27.0. The topological polar surface area (TPSA) is 496 Å². The summed E-state index contributed by atoms with van der Waals surface area (Å²) in [5, 5.41) is 84.8. The van der Waals surface area contributed by atoms with Crippen LogP contribution in [0, 0.1) is 5.92 Å². The first-order valence-corrected chi connectivity index (χ1v) is 29.4. The molecule has 2 aromatic heterocycles. The Labute approximate surface area is 519 Å². The molecular weight excluding hydrogens is 1190 g/mol. The van der Waals surface area contributed by atoms with Crippen molar-refractivity contribution in [3.05, 3.63) is 77.7 Å². The number of benzene rings is 2. The van der Waals surface area contributed by atoms with Gasteiger partial charge in [-0.25, -0.2) is 4.79 Å². The molecule has 3 fully saturated rings. The van der Waals surface area contributed by atoms with Gasteiger partial charge in [0.2, 0.25) is 53.2 Å². The van der Waals surface area contributed by atoms with Crippen molar-refractivity contribution in [1.29, 1.82) is 0 Å². The van der Waals surface area contributed by atoms with E-state index in [2.05, 4.69) is 52.5 Å². The predicted molar refractivity (Wildman–Crippen MR) is 319 cm³/mol. The van der Waals surface area contributed by atoms with E-state index in [1.807, 2.05) is 0 Å². The van der Waals surface area contributed by atoms with Crippen LogP contribution < -0.4 is 48.3 Å². The zero-order valence-electron chi connectivity index (χ0n) is 50.5. The van der Waals surface area contributed by atoms with Gasteiger partial charge in [0.05, 0.1) is 44.0 Å². The maximum Gasteiger partial charge on any atom is 0.331 e. The van der Waals surface area contributed by atoms with Crippen molar-refractivity contribution in [1.82, 2.24) is 62.3 Å². The van der Waals surface area contributed by atoms with E-state index >= 15 is 9.59 Å². The second-order valence-corrected chi connectivity index (χ2v) is 23.1. The molecule has 3 aliphatic rings. The molecule has 3 aliphatic heterocycles. The highest BCUT2D eigenvalue weighted by atomic mass is 16.5. The number of ether oxygens (including phenoxy) is 1. The fourth-order valence-corrected chi connectivity index (χ4v) is 10.9. The number of nitrogens with zero attached hydrogens (tertiary/aromatic N) is 2. The van der Waals surface area contributed by atoms with Crippen molar-refractivity contribution in [3.8, 4) is 0 Å². The van der Waals surface area contributed by atoms with Crippen LogP contribution in [0.3, 0.4) is 0 Å². The van der Waals surface area contributed by atoms with Crippen molar-refractivity contribution in [2.75, 3.05) is 26.2 Å². The van der Waals surface area contributed by atoms with E-state index in [0.717, 1.165) is 30.6 Å². The molecule has 5 heterocycles. The number of fused-ring (bicyclic) bond motifs is 4. The number of amides is 10. The van der Waals surface area contributed by atoms with E-state index < -0.39 is 200 Å². The Morgan fingerprint density at radius 2 is 1.31 bits per heavy atom. The Morgan fingerprint density at radius 1 is 0.725 bits per heavy atom. The molecule has 7 rings (SSSR count). The molecule has 15 unspecified atom stereocenters. The van der Waals surface area contributed by atoms with Gasteiger partial charge in [-0.05, 0) is 63.3 Å². The summed E-state index contributed by atoms with van der Waals surface area (Å²) in [6, 6.07) is -2.95. The van der Waals surface area contributed by atoms with Crippen molar-refractivity contribution < 1.29 is 92.9 Å². The molecule has 0 aliphatic carbocycles. The van der Waals surface area contributed by atoms with Gasteiger partial charge in [0.15, 0.2) is 6.04 Å². The molecule has 0 radical (unpaired) electrons. The SMILES string of the molecule is CC1NC(=O)C(C(C)O)NC(=O)C(NC(=O)C(CO)NC(=O)CC(N)C(=O)O)C(C)OC(=O)C2C(O)CCN2C(=O)C(=Cc2c[nH]c3ccccc23)NC(=O)C(C(C)c2c[nH]c3ccccc23)NC(=O)C(C(O)C(C)C)NC(=O)C2C(O)CCN2C(=O)CNC1=O. The van der Waals surface area contributed by atoms with Gasteiger partial charge in [-0.15, -0.1) is 0 Å². The van der Waals surface area contributed by atoms with Gasteiger partial charge in [-0.3, -0.25) is 52.7 Å². The van der Waals surface area contributed by atoms with Crippen LogP contribution in [0.2, 0.25) is 0 Å². The van der Waals surface area contributed by atoms with Crippen LogP contribution in [-0.2, 0) is 62.3 Å². The number of aliphatic hydroxyl groups excluding tert-OH is 5. The molecule has 18 N–H and O–H groups in total. The number of para-hydroxylation sites is 2. The number of aromatic nitrogens is 2. The molecule has 0 bridgehead atoms. The molecule has 10 amide bonds. The van der Waals surface area contributed by atoms with E-state index in [1.54, 1.807) is 61.7 Å². The number of aliphatic hydroxyl groups is 5. The summed E-state index contributed by atoms with van der Waals surface area (Å²) in [4.78, 5) is 176. The summed E-state index contributed by atoms with van der Waals surface area (Å²) < 4.78 is 5.75. The van der Waals surface area contributed by atoms with E-state index in [4.69, 9.17) is 10.5 Å². The average molecular weight is 1270 g/mol. The number of hydrogen-bond donors (Lipinski definition) is 17. The Morgan fingerprint density at radius 3 is 1.95 bits per heavy atom. The molecule has 32 nitrogen and oxygen atoms in total. The van der Waals surface area contributed by atoms with Crippen LogP contribution in [-0.4, -0.2) is 233 Å². The lowest BCUT2D eigenvalue weighted by Crippen LogP contribution is -2.63. The van der Waals surface area contributed by atoms with Gasteiger partial charge in [-0.1, -0.05) is 57.2 Å². The fraction of sp³-hybridized carbons (Fsp3) is 0.492. The highest BCUT2D eigenvalue weighted by molar-refractivity contribution is 6.07. The number of carboxylic acid groups (broad SMARTS) is 1. The van der Waals surface area contributed by atoms with Gasteiger partial charge < -0.3 is 103 Å². The summed E-state index contributed by atoms with van der Waals surface area (Å²) in [5.41, 5.74) is 6.90. The first-order chi connectivity index (χ1) is 43.0.